The van der Waals surface area contributed by atoms with Gasteiger partial charge in [0.25, 0.3) is 11.8 Å². The first-order valence-corrected chi connectivity index (χ1v) is 11.7. The molecule has 2 aromatic rings. The summed E-state index contributed by atoms with van der Waals surface area (Å²) in [5.74, 6) is 0.189. The van der Waals surface area contributed by atoms with E-state index in [2.05, 4.69) is 34.3 Å². The number of likely N-dealkylation sites (N-methyl/N-ethyl adjacent to an activating group) is 1. The fourth-order valence-corrected chi connectivity index (χ4v) is 4.24. The minimum absolute atomic E-state index is 0.262. The largest absolute Gasteiger partial charge is 0.494 e. The fraction of sp³-hybridized carbons (Fsp3) is 0.385. The number of nitrogens with zero attached hydrogens (tertiary/aromatic N) is 3. The van der Waals surface area contributed by atoms with Crippen LogP contribution in [0.1, 0.15) is 25.8 Å². The van der Waals surface area contributed by atoms with Crippen LogP contribution in [0.25, 0.3) is 5.57 Å². The molecule has 2 amide bonds. The molecule has 4 rings (SSSR count). The standard InChI is InChI=1S/C26H32N4O3/c1-4-14-30-25(31)23(19-6-12-22(13-7-19)33-5-2)24(26(30)32)27-20-8-10-21(11-9-20)29-17-15-28(3)16-18-29/h6-13,27H,4-5,14-18H2,1-3H3. The summed E-state index contributed by atoms with van der Waals surface area (Å²) >= 11 is 0. The molecule has 2 aliphatic rings. The summed E-state index contributed by atoms with van der Waals surface area (Å²) in [7, 11) is 2.14. The first-order valence-electron chi connectivity index (χ1n) is 11.7. The van der Waals surface area contributed by atoms with Gasteiger partial charge in [-0.15, -0.1) is 0 Å². The van der Waals surface area contributed by atoms with Crippen molar-refractivity contribution in [2.45, 2.75) is 20.3 Å². The summed E-state index contributed by atoms with van der Waals surface area (Å²) in [5.41, 5.74) is 3.37. The van der Waals surface area contributed by atoms with E-state index in [1.54, 1.807) is 0 Å². The number of nitrogens with one attached hydrogen (secondary N) is 1. The molecule has 174 valence electrons. The molecule has 0 aliphatic carbocycles. The van der Waals surface area contributed by atoms with Crippen molar-refractivity contribution in [1.82, 2.24) is 9.80 Å². The van der Waals surface area contributed by atoms with E-state index < -0.39 is 0 Å². The van der Waals surface area contributed by atoms with Crippen LogP contribution >= 0.6 is 0 Å². The van der Waals surface area contributed by atoms with Gasteiger partial charge < -0.3 is 19.9 Å². The molecule has 2 aromatic carbocycles. The van der Waals surface area contributed by atoms with Gasteiger partial charge in [-0.25, -0.2) is 0 Å². The first kappa shape index (κ1) is 22.9. The smallest absolute Gasteiger partial charge is 0.278 e. The average molecular weight is 449 g/mol. The number of carbonyl (C=O) groups excluding carboxylic acids is 2. The summed E-state index contributed by atoms with van der Waals surface area (Å²) in [6, 6.07) is 15.4. The fourth-order valence-electron chi connectivity index (χ4n) is 4.24. The van der Waals surface area contributed by atoms with Crippen LogP contribution in [0, 0.1) is 0 Å². The molecule has 1 saturated heterocycles. The Morgan fingerprint density at radius 3 is 2.15 bits per heavy atom. The summed E-state index contributed by atoms with van der Waals surface area (Å²) < 4.78 is 5.52. The van der Waals surface area contributed by atoms with Crippen molar-refractivity contribution >= 4 is 28.8 Å². The van der Waals surface area contributed by atoms with Crippen LogP contribution in [0.2, 0.25) is 0 Å². The Labute approximate surface area is 195 Å². The predicted molar refractivity (Wildman–Crippen MR) is 131 cm³/mol. The topological polar surface area (TPSA) is 65.1 Å². The van der Waals surface area contributed by atoms with E-state index in [1.807, 2.05) is 50.2 Å². The van der Waals surface area contributed by atoms with E-state index >= 15 is 0 Å². The quantitative estimate of drug-likeness (QED) is 0.624. The van der Waals surface area contributed by atoms with Crippen molar-refractivity contribution in [3.8, 4) is 5.75 Å². The molecule has 7 nitrogen and oxygen atoms in total. The van der Waals surface area contributed by atoms with Crippen LogP contribution < -0.4 is 15.0 Å². The molecule has 0 atom stereocenters. The van der Waals surface area contributed by atoms with Gasteiger partial charge >= 0.3 is 0 Å². The SMILES string of the molecule is CCCN1C(=O)C(Nc2ccc(N3CCN(C)CC3)cc2)=C(c2ccc(OCC)cc2)C1=O. The number of hydrogen-bond acceptors (Lipinski definition) is 6. The lowest BCUT2D eigenvalue weighted by Gasteiger charge is -2.34. The summed E-state index contributed by atoms with van der Waals surface area (Å²) in [6.07, 6.45) is 0.709. The second-order valence-electron chi connectivity index (χ2n) is 8.43. The Kier molecular flexibility index (Phi) is 6.99. The zero-order valence-electron chi connectivity index (χ0n) is 19.6. The van der Waals surface area contributed by atoms with Gasteiger partial charge in [-0.1, -0.05) is 19.1 Å². The number of carbonyl (C=O) groups is 2. The molecule has 33 heavy (non-hydrogen) atoms. The van der Waals surface area contributed by atoms with Crippen molar-refractivity contribution in [3.63, 3.8) is 0 Å². The number of benzene rings is 2. The molecular weight excluding hydrogens is 416 g/mol. The highest BCUT2D eigenvalue weighted by molar-refractivity contribution is 6.36. The van der Waals surface area contributed by atoms with Crippen molar-refractivity contribution in [3.05, 3.63) is 59.8 Å². The van der Waals surface area contributed by atoms with Gasteiger partial charge in [0.1, 0.15) is 11.4 Å². The maximum absolute atomic E-state index is 13.2. The van der Waals surface area contributed by atoms with Crippen molar-refractivity contribution in [2.75, 3.05) is 56.6 Å². The van der Waals surface area contributed by atoms with Gasteiger partial charge in [-0.05, 0) is 62.4 Å². The van der Waals surface area contributed by atoms with Crippen molar-refractivity contribution in [2.24, 2.45) is 0 Å². The number of rotatable bonds is 8. The second kappa shape index (κ2) is 10.1. The molecule has 2 aliphatic heterocycles. The van der Waals surface area contributed by atoms with Gasteiger partial charge in [-0.3, -0.25) is 14.5 Å². The highest BCUT2D eigenvalue weighted by Crippen LogP contribution is 2.32. The summed E-state index contributed by atoms with van der Waals surface area (Å²) in [4.78, 5) is 32.3. The number of anilines is 2. The summed E-state index contributed by atoms with van der Waals surface area (Å²) in [5, 5.41) is 3.24. The lowest BCUT2D eigenvalue weighted by atomic mass is 10.0. The van der Waals surface area contributed by atoms with E-state index in [0.29, 0.717) is 36.4 Å². The zero-order valence-corrected chi connectivity index (χ0v) is 19.6. The molecule has 7 heteroatoms. The van der Waals surface area contributed by atoms with Gasteiger partial charge in [0, 0.05) is 44.1 Å². The van der Waals surface area contributed by atoms with E-state index in [0.717, 1.165) is 43.3 Å². The molecule has 0 radical (unpaired) electrons. The minimum Gasteiger partial charge on any atom is -0.494 e. The lowest BCUT2D eigenvalue weighted by molar-refractivity contribution is -0.136. The van der Waals surface area contributed by atoms with Crippen molar-refractivity contribution in [1.29, 1.82) is 0 Å². The number of piperazine rings is 1. The van der Waals surface area contributed by atoms with Crippen molar-refractivity contribution < 1.29 is 14.3 Å². The van der Waals surface area contributed by atoms with E-state index in [1.165, 1.54) is 4.90 Å². The van der Waals surface area contributed by atoms with Crippen LogP contribution in [-0.2, 0) is 9.59 Å². The Bertz CT molecular complexity index is 1020. The zero-order chi connectivity index (χ0) is 23.4. The predicted octanol–water partition coefficient (Wildman–Crippen LogP) is 3.44. The molecule has 0 bridgehead atoms. The van der Waals surface area contributed by atoms with Crippen LogP contribution in [0.15, 0.2) is 54.2 Å². The Balaban J connectivity index is 1.60. The highest BCUT2D eigenvalue weighted by atomic mass is 16.5. The Morgan fingerprint density at radius 2 is 1.55 bits per heavy atom. The van der Waals surface area contributed by atoms with E-state index in [9.17, 15) is 9.59 Å². The number of hydrogen-bond donors (Lipinski definition) is 1. The normalized spacial score (nSPS) is 17.2. The molecule has 0 spiro atoms. The monoisotopic (exact) mass is 448 g/mol. The number of ether oxygens (including phenoxy) is 1. The Morgan fingerprint density at radius 1 is 0.879 bits per heavy atom. The highest BCUT2D eigenvalue weighted by Gasteiger charge is 2.38. The number of amides is 2. The molecule has 0 saturated carbocycles. The van der Waals surface area contributed by atoms with E-state index in [4.69, 9.17) is 4.74 Å². The maximum atomic E-state index is 13.2. The average Bonchev–Trinajstić information content (AvgIpc) is 3.05. The van der Waals surface area contributed by atoms with Crippen LogP contribution in [0.5, 0.6) is 5.75 Å². The third kappa shape index (κ3) is 4.88. The lowest BCUT2D eigenvalue weighted by Crippen LogP contribution is -2.44. The molecule has 0 unspecified atom stereocenters. The number of imide groups is 1. The first-order chi connectivity index (χ1) is 16.0. The molecule has 0 aromatic heterocycles. The molecule has 2 heterocycles. The van der Waals surface area contributed by atoms with Crippen LogP contribution in [0.4, 0.5) is 11.4 Å². The minimum atomic E-state index is -0.283. The summed E-state index contributed by atoms with van der Waals surface area (Å²) in [6.45, 7) is 8.93. The van der Waals surface area contributed by atoms with Crippen LogP contribution in [0.3, 0.4) is 0 Å². The van der Waals surface area contributed by atoms with Gasteiger partial charge in [0.2, 0.25) is 0 Å². The Hall–Kier alpha value is -3.32. The molecule has 1 N–H and O–H groups in total. The van der Waals surface area contributed by atoms with Gasteiger partial charge in [0.15, 0.2) is 0 Å². The van der Waals surface area contributed by atoms with Gasteiger partial charge in [0.05, 0.1) is 12.2 Å². The molecular formula is C26H32N4O3. The third-order valence-corrected chi connectivity index (χ3v) is 6.07. The van der Waals surface area contributed by atoms with E-state index in [-0.39, 0.29) is 11.8 Å². The third-order valence-electron chi connectivity index (χ3n) is 6.07. The van der Waals surface area contributed by atoms with Gasteiger partial charge in [-0.2, -0.15) is 0 Å². The maximum Gasteiger partial charge on any atom is 0.278 e. The molecule has 1 fully saturated rings. The second-order valence-corrected chi connectivity index (χ2v) is 8.43. The van der Waals surface area contributed by atoms with Crippen LogP contribution in [-0.4, -0.2) is 68.0 Å².